The van der Waals surface area contributed by atoms with Crippen molar-refractivity contribution in [3.63, 3.8) is 0 Å². The standard InChI is InChI=1S/C21H26N6O/c1-21(2)9-6-15(7-10-21)24-20(28)17-14-23-27-12-8-18(25-19(17)27)26(3)16-5-4-11-22-13-16/h4-5,8,11-15H,6-7,9-10H2,1-3H3,(H,24,28). The highest BCUT2D eigenvalue weighted by Gasteiger charge is 2.28. The molecule has 1 aliphatic carbocycles. The highest BCUT2D eigenvalue weighted by atomic mass is 16.1. The second-order valence-corrected chi connectivity index (χ2v) is 8.29. The summed E-state index contributed by atoms with van der Waals surface area (Å²) in [6.45, 7) is 4.58. The summed E-state index contributed by atoms with van der Waals surface area (Å²) in [6.07, 6.45) is 11.2. The molecule has 3 aromatic rings. The molecule has 0 aliphatic heterocycles. The highest BCUT2D eigenvalue weighted by Crippen LogP contribution is 2.35. The summed E-state index contributed by atoms with van der Waals surface area (Å²) in [5, 5.41) is 7.47. The number of anilines is 2. The summed E-state index contributed by atoms with van der Waals surface area (Å²) >= 11 is 0. The van der Waals surface area contributed by atoms with E-state index in [1.54, 1.807) is 23.1 Å². The third kappa shape index (κ3) is 3.69. The average molecular weight is 378 g/mol. The van der Waals surface area contributed by atoms with Crippen LogP contribution in [-0.2, 0) is 0 Å². The lowest BCUT2D eigenvalue weighted by Gasteiger charge is -2.34. The van der Waals surface area contributed by atoms with Gasteiger partial charge in [-0.2, -0.15) is 5.10 Å². The number of aromatic nitrogens is 4. The number of nitrogens with one attached hydrogen (secondary N) is 1. The number of pyridine rings is 1. The highest BCUT2D eigenvalue weighted by molar-refractivity contribution is 6.00. The van der Waals surface area contributed by atoms with Crippen LogP contribution in [0.1, 0.15) is 49.9 Å². The number of rotatable bonds is 4. The first-order chi connectivity index (χ1) is 13.4. The van der Waals surface area contributed by atoms with Gasteiger partial charge in [-0.05, 0) is 49.3 Å². The van der Waals surface area contributed by atoms with Crippen molar-refractivity contribution in [2.75, 3.05) is 11.9 Å². The molecule has 0 aromatic carbocycles. The van der Waals surface area contributed by atoms with Crippen LogP contribution >= 0.6 is 0 Å². The zero-order chi connectivity index (χ0) is 19.7. The first kappa shape index (κ1) is 18.4. The number of hydrogen-bond donors (Lipinski definition) is 1. The predicted molar refractivity (Wildman–Crippen MR) is 109 cm³/mol. The fourth-order valence-corrected chi connectivity index (χ4v) is 3.70. The molecule has 1 aliphatic rings. The van der Waals surface area contributed by atoms with E-state index in [9.17, 15) is 4.79 Å². The van der Waals surface area contributed by atoms with Gasteiger partial charge in [0.1, 0.15) is 11.4 Å². The van der Waals surface area contributed by atoms with Crippen LogP contribution in [0.25, 0.3) is 5.65 Å². The van der Waals surface area contributed by atoms with E-state index in [4.69, 9.17) is 0 Å². The van der Waals surface area contributed by atoms with Crippen LogP contribution in [0.4, 0.5) is 11.5 Å². The minimum atomic E-state index is -0.103. The quantitative estimate of drug-likeness (QED) is 0.751. The van der Waals surface area contributed by atoms with Crippen molar-refractivity contribution in [1.82, 2.24) is 24.9 Å². The molecular formula is C21H26N6O. The van der Waals surface area contributed by atoms with E-state index in [2.05, 4.69) is 34.2 Å². The maximum atomic E-state index is 12.9. The molecule has 0 bridgehead atoms. The zero-order valence-corrected chi connectivity index (χ0v) is 16.6. The summed E-state index contributed by atoms with van der Waals surface area (Å²) in [6, 6.07) is 5.94. The van der Waals surface area contributed by atoms with Gasteiger partial charge in [0.2, 0.25) is 0 Å². The molecule has 0 radical (unpaired) electrons. The van der Waals surface area contributed by atoms with E-state index in [0.29, 0.717) is 16.6 Å². The lowest BCUT2D eigenvalue weighted by Crippen LogP contribution is -2.39. The van der Waals surface area contributed by atoms with E-state index < -0.39 is 0 Å². The Morgan fingerprint density at radius 3 is 2.75 bits per heavy atom. The molecule has 7 nitrogen and oxygen atoms in total. The third-order valence-electron chi connectivity index (χ3n) is 5.65. The Morgan fingerprint density at radius 2 is 2.04 bits per heavy atom. The number of hydrogen-bond acceptors (Lipinski definition) is 5. The molecule has 0 unspecified atom stereocenters. The van der Waals surface area contributed by atoms with Gasteiger partial charge in [0.25, 0.3) is 5.91 Å². The van der Waals surface area contributed by atoms with Gasteiger partial charge in [-0.25, -0.2) is 9.50 Å². The van der Waals surface area contributed by atoms with Gasteiger partial charge in [0.15, 0.2) is 5.65 Å². The summed E-state index contributed by atoms with van der Waals surface area (Å²) in [5.41, 5.74) is 2.36. The first-order valence-electron chi connectivity index (χ1n) is 9.72. The molecule has 28 heavy (non-hydrogen) atoms. The molecule has 3 aromatic heterocycles. The number of carbonyl (C=O) groups excluding carboxylic acids is 1. The molecule has 7 heteroatoms. The van der Waals surface area contributed by atoms with Crippen molar-refractivity contribution >= 4 is 23.1 Å². The van der Waals surface area contributed by atoms with Crippen molar-refractivity contribution in [2.24, 2.45) is 5.41 Å². The predicted octanol–water partition coefficient (Wildman–Crippen LogP) is 3.59. The minimum absolute atomic E-state index is 0.103. The largest absolute Gasteiger partial charge is 0.349 e. The van der Waals surface area contributed by atoms with Crippen LogP contribution in [0.5, 0.6) is 0 Å². The summed E-state index contributed by atoms with van der Waals surface area (Å²) in [5.74, 6) is 0.628. The van der Waals surface area contributed by atoms with Crippen molar-refractivity contribution in [1.29, 1.82) is 0 Å². The van der Waals surface area contributed by atoms with Gasteiger partial charge in [-0.3, -0.25) is 9.78 Å². The number of amides is 1. The second-order valence-electron chi connectivity index (χ2n) is 8.29. The molecule has 0 spiro atoms. The van der Waals surface area contributed by atoms with Crippen LogP contribution in [0.2, 0.25) is 0 Å². The fraction of sp³-hybridized carbons (Fsp3) is 0.429. The Hall–Kier alpha value is -2.96. The number of nitrogens with zero attached hydrogens (tertiary/aromatic N) is 5. The monoisotopic (exact) mass is 378 g/mol. The van der Waals surface area contributed by atoms with Crippen LogP contribution < -0.4 is 10.2 Å². The summed E-state index contributed by atoms with van der Waals surface area (Å²) in [7, 11) is 1.93. The number of carbonyl (C=O) groups is 1. The molecular weight excluding hydrogens is 352 g/mol. The summed E-state index contributed by atoms with van der Waals surface area (Å²) < 4.78 is 1.64. The SMILES string of the molecule is CN(c1cccnc1)c1ccn2ncc(C(=O)NC3CCC(C)(C)CC3)c2n1. The molecule has 0 saturated heterocycles. The second kappa shape index (κ2) is 7.22. The first-order valence-corrected chi connectivity index (χ1v) is 9.72. The van der Waals surface area contributed by atoms with Gasteiger partial charge in [-0.1, -0.05) is 13.8 Å². The minimum Gasteiger partial charge on any atom is -0.349 e. The zero-order valence-electron chi connectivity index (χ0n) is 16.6. The van der Waals surface area contributed by atoms with Crippen molar-refractivity contribution in [3.05, 3.63) is 48.5 Å². The fourth-order valence-electron chi connectivity index (χ4n) is 3.70. The van der Waals surface area contributed by atoms with Crippen LogP contribution in [0.15, 0.2) is 43.0 Å². The van der Waals surface area contributed by atoms with Crippen molar-refractivity contribution in [2.45, 2.75) is 45.6 Å². The average Bonchev–Trinajstić information content (AvgIpc) is 3.13. The van der Waals surface area contributed by atoms with E-state index in [1.165, 1.54) is 0 Å². The Kier molecular flexibility index (Phi) is 4.75. The smallest absolute Gasteiger partial charge is 0.256 e. The Morgan fingerprint density at radius 1 is 1.25 bits per heavy atom. The summed E-state index contributed by atoms with van der Waals surface area (Å²) in [4.78, 5) is 23.6. The maximum Gasteiger partial charge on any atom is 0.256 e. The molecule has 3 heterocycles. The van der Waals surface area contributed by atoms with Crippen LogP contribution in [0.3, 0.4) is 0 Å². The normalized spacial score (nSPS) is 16.8. The van der Waals surface area contributed by atoms with Gasteiger partial charge in [0, 0.05) is 25.5 Å². The molecule has 4 rings (SSSR count). The maximum absolute atomic E-state index is 12.9. The Balaban J connectivity index is 1.55. The van der Waals surface area contributed by atoms with Crippen molar-refractivity contribution < 1.29 is 4.79 Å². The van der Waals surface area contributed by atoms with Gasteiger partial charge >= 0.3 is 0 Å². The molecule has 0 atom stereocenters. The van der Waals surface area contributed by atoms with E-state index in [1.807, 2.05) is 36.3 Å². The lowest BCUT2D eigenvalue weighted by atomic mass is 9.75. The third-order valence-corrected chi connectivity index (χ3v) is 5.65. The van der Waals surface area contributed by atoms with Gasteiger partial charge < -0.3 is 10.2 Å². The molecule has 1 N–H and O–H groups in total. The van der Waals surface area contributed by atoms with Gasteiger partial charge in [0.05, 0.1) is 18.1 Å². The molecule has 146 valence electrons. The van der Waals surface area contributed by atoms with Crippen LogP contribution in [-0.4, -0.2) is 38.6 Å². The van der Waals surface area contributed by atoms with E-state index in [0.717, 1.165) is 37.2 Å². The Bertz CT molecular complexity index is 971. The lowest BCUT2D eigenvalue weighted by molar-refractivity contribution is 0.0910. The van der Waals surface area contributed by atoms with Crippen molar-refractivity contribution in [3.8, 4) is 0 Å². The van der Waals surface area contributed by atoms with E-state index in [-0.39, 0.29) is 11.9 Å². The van der Waals surface area contributed by atoms with Crippen LogP contribution in [0, 0.1) is 5.41 Å². The topological polar surface area (TPSA) is 75.4 Å². The van der Waals surface area contributed by atoms with E-state index >= 15 is 0 Å². The molecule has 1 amide bonds. The van der Waals surface area contributed by atoms with Gasteiger partial charge in [-0.15, -0.1) is 0 Å². The molecule has 1 fully saturated rings. The molecule has 1 saturated carbocycles. The Labute approximate surface area is 164 Å². The number of fused-ring (bicyclic) bond motifs is 1.